The third kappa shape index (κ3) is 1.66. The van der Waals surface area contributed by atoms with Crippen LogP contribution >= 0.6 is 11.3 Å². The summed E-state index contributed by atoms with van der Waals surface area (Å²) < 4.78 is 0. The molecule has 84 valence electrons. The summed E-state index contributed by atoms with van der Waals surface area (Å²) in [6.45, 7) is 0. The minimum Gasteiger partial charge on any atom is -0.365 e. The van der Waals surface area contributed by atoms with Crippen LogP contribution in [0.1, 0.15) is 19.3 Å². The Kier molecular flexibility index (Phi) is 2.49. The minimum atomic E-state index is 0.253. The lowest BCUT2D eigenvalue weighted by Gasteiger charge is -2.18. The summed E-state index contributed by atoms with van der Waals surface area (Å²) in [5, 5.41) is 6.59. The highest BCUT2D eigenvalue weighted by atomic mass is 32.1. The summed E-state index contributed by atoms with van der Waals surface area (Å²) in [6, 6.07) is 2.67. The smallest absolute Gasteiger partial charge is 0.138 e. The standard InChI is InChI=1S/C11H14N4S/c12-8-2-1-3-9(8)15-10-7-4-5-16-11(7)14-6-13-10/h4-6,8-9H,1-3,12H2,(H,13,14,15). The molecule has 0 aliphatic heterocycles. The molecule has 0 spiro atoms. The average Bonchev–Trinajstić information content (AvgIpc) is 2.89. The molecule has 0 bridgehead atoms. The van der Waals surface area contributed by atoms with E-state index in [9.17, 15) is 0 Å². The number of nitrogens with two attached hydrogens (primary N) is 1. The van der Waals surface area contributed by atoms with E-state index in [4.69, 9.17) is 5.73 Å². The molecule has 3 rings (SSSR count). The molecule has 2 aromatic rings. The van der Waals surface area contributed by atoms with Crippen LogP contribution in [-0.2, 0) is 0 Å². The lowest BCUT2D eigenvalue weighted by atomic mass is 10.2. The maximum atomic E-state index is 6.04. The van der Waals surface area contributed by atoms with Crippen LogP contribution in [0.4, 0.5) is 5.82 Å². The first-order chi connectivity index (χ1) is 7.84. The first-order valence-electron chi connectivity index (χ1n) is 5.55. The molecule has 1 saturated carbocycles. The van der Waals surface area contributed by atoms with Gasteiger partial charge in [0.1, 0.15) is 17.0 Å². The zero-order valence-electron chi connectivity index (χ0n) is 8.89. The predicted molar refractivity (Wildman–Crippen MR) is 66.7 cm³/mol. The first-order valence-corrected chi connectivity index (χ1v) is 6.43. The van der Waals surface area contributed by atoms with Gasteiger partial charge >= 0.3 is 0 Å². The van der Waals surface area contributed by atoms with Gasteiger partial charge in [-0.2, -0.15) is 0 Å². The number of thiophene rings is 1. The maximum absolute atomic E-state index is 6.04. The second kappa shape index (κ2) is 3.99. The molecule has 0 aromatic carbocycles. The highest BCUT2D eigenvalue weighted by Gasteiger charge is 2.24. The van der Waals surface area contributed by atoms with Crippen molar-refractivity contribution in [2.75, 3.05) is 5.32 Å². The van der Waals surface area contributed by atoms with Gasteiger partial charge in [0.15, 0.2) is 0 Å². The Morgan fingerprint density at radius 3 is 3.12 bits per heavy atom. The van der Waals surface area contributed by atoms with Gasteiger partial charge in [0.2, 0.25) is 0 Å². The highest BCUT2D eigenvalue weighted by molar-refractivity contribution is 7.16. The minimum absolute atomic E-state index is 0.253. The molecule has 0 radical (unpaired) electrons. The zero-order valence-corrected chi connectivity index (χ0v) is 9.70. The third-order valence-electron chi connectivity index (χ3n) is 3.15. The fourth-order valence-electron chi connectivity index (χ4n) is 2.25. The van der Waals surface area contributed by atoms with Gasteiger partial charge in [0, 0.05) is 12.1 Å². The number of nitrogens with zero attached hydrogens (tertiary/aromatic N) is 2. The molecule has 4 nitrogen and oxygen atoms in total. The molecule has 2 unspecified atom stereocenters. The van der Waals surface area contributed by atoms with Gasteiger partial charge in [-0.05, 0) is 30.7 Å². The van der Waals surface area contributed by atoms with Crippen molar-refractivity contribution in [1.29, 1.82) is 0 Å². The van der Waals surface area contributed by atoms with Crippen molar-refractivity contribution in [3.8, 4) is 0 Å². The molecule has 1 fully saturated rings. The summed E-state index contributed by atoms with van der Waals surface area (Å²) in [5.74, 6) is 0.925. The van der Waals surface area contributed by atoms with E-state index >= 15 is 0 Å². The Morgan fingerprint density at radius 2 is 2.31 bits per heavy atom. The monoisotopic (exact) mass is 234 g/mol. The summed E-state index contributed by atoms with van der Waals surface area (Å²) in [5.41, 5.74) is 6.04. The topological polar surface area (TPSA) is 63.8 Å². The van der Waals surface area contributed by atoms with Crippen LogP contribution < -0.4 is 11.1 Å². The van der Waals surface area contributed by atoms with Crippen LogP contribution in [0.3, 0.4) is 0 Å². The Morgan fingerprint density at radius 1 is 1.38 bits per heavy atom. The van der Waals surface area contributed by atoms with E-state index in [0.717, 1.165) is 28.9 Å². The second-order valence-electron chi connectivity index (χ2n) is 4.21. The first kappa shape index (κ1) is 9.99. The normalized spacial score (nSPS) is 25.1. The maximum Gasteiger partial charge on any atom is 0.138 e. The van der Waals surface area contributed by atoms with E-state index in [-0.39, 0.29) is 6.04 Å². The van der Waals surface area contributed by atoms with Gasteiger partial charge in [-0.1, -0.05) is 0 Å². The number of fused-ring (bicyclic) bond motifs is 1. The molecule has 2 heterocycles. The van der Waals surface area contributed by atoms with Crippen LogP contribution in [0.5, 0.6) is 0 Å². The van der Waals surface area contributed by atoms with Gasteiger partial charge in [0.25, 0.3) is 0 Å². The van der Waals surface area contributed by atoms with Crippen molar-refractivity contribution in [3.63, 3.8) is 0 Å². The third-order valence-corrected chi connectivity index (χ3v) is 3.97. The van der Waals surface area contributed by atoms with E-state index in [0.29, 0.717) is 6.04 Å². The van der Waals surface area contributed by atoms with Gasteiger partial charge in [-0.15, -0.1) is 11.3 Å². The van der Waals surface area contributed by atoms with Crippen LogP contribution in [0.25, 0.3) is 10.2 Å². The molecule has 3 N–H and O–H groups in total. The van der Waals surface area contributed by atoms with E-state index < -0.39 is 0 Å². The quantitative estimate of drug-likeness (QED) is 0.834. The lowest BCUT2D eigenvalue weighted by Crippen LogP contribution is -2.35. The van der Waals surface area contributed by atoms with Gasteiger partial charge in [-0.3, -0.25) is 0 Å². The van der Waals surface area contributed by atoms with Crippen LogP contribution in [0.15, 0.2) is 17.8 Å². The fraction of sp³-hybridized carbons (Fsp3) is 0.455. The number of hydrogen-bond acceptors (Lipinski definition) is 5. The number of rotatable bonds is 2. The van der Waals surface area contributed by atoms with Crippen molar-refractivity contribution >= 4 is 27.4 Å². The molecule has 0 saturated heterocycles. The van der Waals surface area contributed by atoms with Crippen molar-refractivity contribution in [1.82, 2.24) is 9.97 Å². The molecule has 1 aliphatic carbocycles. The van der Waals surface area contributed by atoms with Crippen molar-refractivity contribution in [2.24, 2.45) is 5.73 Å². The van der Waals surface area contributed by atoms with Gasteiger partial charge in [0.05, 0.1) is 5.39 Å². The van der Waals surface area contributed by atoms with E-state index in [1.54, 1.807) is 17.7 Å². The summed E-state index contributed by atoms with van der Waals surface area (Å²) in [6.07, 6.45) is 5.06. The van der Waals surface area contributed by atoms with Crippen molar-refractivity contribution in [2.45, 2.75) is 31.3 Å². The fourth-order valence-corrected chi connectivity index (χ4v) is 2.98. The Bertz CT molecular complexity index is 495. The molecule has 16 heavy (non-hydrogen) atoms. The number of hydrogen-bond donors (Lipinski definition) is 2. The molecule has 2 atom stereocenters. The number of nitrogens with one attached hydrogen (secondary N) is 1. The van der Waals surface area contributed by atoms with E-state index in [1.165, 1.54) is 6.42 Å². The molecule has 5 heteroatoms. The largest absolute Gasteiger partial charge is 0.365 e. The lowest BCUT2D eigenvalue weighted by molar-refractivity contribution is 0.636. The molecule has 2 aromatic heterocycles. The number of anilines is 1. The second-order valence-corrected chi connectivity index (χ2v) is 5.10. The van der Waals surface area contributed by atoms with E-state index in [1.807, 2.05) is 5.38 Å². The average molecular weight is 234 g/mol. The zero-order chi connectivity index (χ0) is 11.0. The predicted octanol–water partition coefficient (Wildman–Crippen LogP) is 1.98. The Labute approximate surface area is 97.9 Å². The van der Waals surface area contributed by atoms with Crippen molar-refractivity contribution < 1.29 is 0 Å². The summed E-state index contributed by atoms with van der Waals surface area (Å²) in [4.78, 5) is 9.57. The summed E-state index contributed by atoms with van der Waals surface area (Å²) in [7, 11) is 0. The van der Waals surface area contributed by atoms with Crippen LogP contribution in [0.2, 0.25) is 0 Å². The van der Waals surface area contributed by atoms with Gasteiger partial charge in [-0.25, -0.2) is 9.97 Å². The molecule has 0 amide bonds. The van der Waals surface area contributed by atoms with E-state index in [2.05, 4.69) is 21.4 Å². The summed E-state index contributed by atoms with van der Waals surface area (Å²) >= 11 is 1.64. The molecular formula is C11H14N4S. The number of aromatic nitrogens is 2. The van der Waals surface area contributed by atoms with Gasteiger partial charge < -0.3 is 11.1 Å². The highest BCUT2D eigenvalue weighted by Crippen LogP contribution is 2.27. The molecular weight excluding hydrogens is 220 g/mol. The van der Waals surface area contributed by atoms with Crippen LogP contribution in [0, 0.1) is 0 Å². The van der Waals surface area contributed by atoms with Crippen LogP contribution in [-0.4, -0.2) is 22.1 Å². The Balaban J connectivity index is 1.91. The molecule has 1 aliphatic rings. The van der Waals surface area contributed by atoms with Crippen molar-refractivity contribution in [3.05, 3.63) is 17.8 Å². The SMILES string of the molecule is NC1CCCC1Nc1ncnc2sccc12. The Hall–Kier alpha value is -1.20.